The van der Waals surface area contributed by atoms with Crippen LogP contribution in [0, 0.1) is 0 Å². The van der Waals surface area contributed by atoms with E-state index in [1.807, 2.05) is 23.1 Å². The van der Waals surface area contributed by atoms with Crippen LogP contribution in [0.1, 0.15) is 35.3 Å². The van der Waals surface area contributed by atoms with Crippen molar-refractivity contribution in [3.05, 3.63) is 54.0 Å². The van der Waals surface area contributed by atoms with Crippen molar-refractivity contribution in [2.45, 2.75) is 25.8 Å². The number of pyridine rings is 2. The average molecular weight is 353 g/mol. The molecule has 0 saturated carbocycles. The molecule has 7 heteroatoms. The lowest BCUT2D eigenvalue weighted by Gasteiger charge is -2.15. The fourth-order valence-electron chi connectivity index (χ4n) is 2.86. The summed E-state index contributed by atoms with van der Waals surface area (Å²) in [5, 5.41) is 6.05. The summed E-state index contributed by atoms with van der Waals surface area (Å²) in [7, 11) is 0. The first kappa shape index (κ1) is 17.8. The summed E-state index contributed by atoms with van der Waals surface area (Å²) >= 11 is 0. The molecule has 1 saturated heterocycles. The highest BCUT2D eigenvalue weighted by molar-refractivity contribution is 5.92. The maximum absolute atomic E-state index is 12.2. The summed E-state index contributed by atoms with van der Waals surface area (Å²) in [4.78, 5) is 34.1. The number of carbonyl (C=O) groups is 2. The van der Waals surface area contributed by atoms with E-state index in [1.165, 1.54) is 0 Å². The lowest BCUT2D eigenvalue weighted by Crippen LogP contribution is -2.31. The van der Waals surface area contributed by atoms with Crippen molar-refractivity contribution in [3.8, 4) is 0 Å². The average Bonchev–Trinajstić information content (AvgIpc) is 3.09. The van der Waals surface area contributed by atoms with E-state index in [0.29, 0.717) is 37.6 Å². The minimum atomic E-state index is -0.206. The van der Waals surface area contributed by atoms with E-state index in [9.17, 15) is 9.59 Å². The number of likely N-dealkylation sites (tertiary alicyclic amines) is 1. The third-order valence-electron chi connectivity index (χ3n) is 4.24. The van der Waals surface area contributed by atoms with Crippen LogP contribution in [0.15, 0.2) is 42.7 Å². The van der Waals surface area contributed by atoms with Crippen molar-refractivity contribution >= 4 is 17.6 Å². The van der Waals surface area contributed by atoms with E-state index in [0.717, 1.165) is 24.9 Å². The minimum Gasteiger partial charge on any atom is -0.366 e. The molecule has 2 aromatic rings. The normalized spacial score (nSPS) is 13.7. The topological polar surface area (TPSA) is 87.2 Å². The van der Waals surface area contributed by atoms with Gasteiger partial charge in [0.05, 0.1) is 0 Å². The van der Waals surface area contributed by atoms with E-state index in [1.54, 1.807) is 24.5 Å². The first-order valence-corrected chi connectivity index (χ1v) is 8.88. The van der Waals surface area contributed by atoms with Crippen LogP contribution in [0.3, 0.4) is 0 Å². The number of aromatic nitrogens is 2. The van der Waals surface area contributed by atoms with E-state index >= 15 is 0 Å². The number of rotatable bonds is 8. The van der Waals surface area contributed by atoms with Gasteiger partial charge in [0.2, 0.25) is 5.91 Å². The molecule has 1 fully saturated rings. The molecule has 3 heterocycles. The number of anilines is 1. The summed E-state index contributed by atoms with van der Waals surface area (Å²) < 4.78 is 0. The number of nitrogens with one attached hydrogen (secondary N) is 2. The molecule has 7 nitrogen and oxygen atoms in total. The lowest BCUT2D eigenvalue weighted by molar-refractivity contribution is -0.127. The largest absolute Gasteiger partial charge is 0.366 e. The highest BCUT2D eigenvalue weighted by Crippen LogP contribution is 2.10. The Morgan fingerprint density at radius 1 is 1.23 bits per heavy atom. The van der Waals surface area contributed by atoms with Crippen LogP contribution in [0.25, 0.3) is 0 Å². The molecule has 0 radical (unpaired) electrons. The molecule has 1 aliphatic rings. The predicted molar refractivity (Wildman–Crippen MR) is 98.6 cm³/mol. The molecule has 0 aromatic carbocycles. The molecule has 3 rings (SSSR count). The number of carbonyl (C=O) groups excluding carboxylic acids is 2. The summed E-state index contributed by atoms with van der Waals surface area (Å²) in [6.07, 6.45) is 5.85. The summed E-state index contributed by atoms with van der Waals surface area (Å²) in [6.45, 7) is 2.64. The van der Waals surface area contributed by atoms with Crippen LogP contribution in [0.5, 0.6) is 0 Å². The molecule has 0 atom stereocenters. The maximum Gasteiger partial charge on any atom is 0.269 e. The van der Waals surface area contributed by atoms with E-state index < -0.39 is 0 Å². The smallest absolute Gasteiger partial charge is 0.269 e. The maximum atomic E-state index is 12.2. The van der Waals surface area contributed by atoms with Crippen LogP contribution in [-0.4, -0.2) is 46.3 Å². The van der Waals surface area contributed by atoms with Crippen molar-refractivity contribution in [1.29, 1.82) is 0 Å². The Hall–Kier alpha value is -2.96. The fourth-order valence-corrected chi connectivity index (χ4v) is 2.86. The van der Waals surface area contributed by atoms with Crippen LogP contribution in [-0.2, 0) is 11.3 Å². The molecule has 0 unspecified atom stereocenters. The standard InChI is InChI=1S/C19H23N5O2/c25-18-8-3-11-24(18)12-4-10-21-19(26)16-6-1-7-17(23-16)22-14-15-5-2-9-20-13-15/h1-2,5-7,9,13H,3-4,8,10-12,14H2,(H,21,26)(H,22,23). The Balaban J connectivity index is 1.44. The van der Waals surface area contributed by atoms with Gasteiger partial charge in [0.25, 0.3) is 5.91 Å². The van der Waals surface area contributed by atoms with Crippen molar-refractivity contribution in [2.24, 2.45) is 0 Å². The number of amides is 2. The van der Waals surface area contributed by atoms with Gasteiger partial charge in [0.1, 0.15) is 11.5 Å². The first-order chi connectivity index (χ1) is 12.7. The van der Waals surface area contributed by atoms with E-state index in [-0.39, 0.29) is 11.8 Å². The van der Waals surface area contributed by atoms with Crippen LogP contribution in [0.4, 0.5) is 5.82 Å². The second-order valence-electron chi connectivity index (χ2n) is 6.22. The van der Waals surface area contributed by atoms with E-state index in [4.69, 9.17) is 0 Å². The number of nitrogens with zero attached hydrogens (tertiary/aromatic N) is 3. The van der Waals surface area contributed by atoms with Crippen molar-refractivity contribution in [3.63, 3.8) is 0 Å². The molecule has 1 aliphatic heterocycles. The third kappa shape index (κ3) is 5.02. The molecule has 2 amide bonds. The van der Waals surface area contributed by atoms with Gasteiger partial charge in [-0.3, -0.25) is 14.6 Å². The van der Waals surface area contributed by atoms with Gasteiger partial charge in [-0.25, -0.2) is 4.98 Å². The summed E-state index contributed by atoms with van der Waals surface area (Å²) in [5.41, 5.74) is 1.42. The highest BCUT2D eigenvalue weighted by Gasteiger charge is 2.19. The van der Waals surface area contributed by atoms with Gasteiger partial charge >= 0.3 is 0 Å². The lowest BCUT2D eigenvalue weighted by atomic mass is 10.3. The zero-order valence-electron chi connectivity index (χ0n) is 14.6. The Morgan fingerprint density at radius 2 is 2.15 bits per heavy atom. The zero-order valence-corrected chi connectivity index (χ0v) is 14.6. The Morgan fingerprint density at radius 3 is 2.92 bits per heavy atom. The second kappa shape index (κ2) is 8.94. The Bertz CT molecular complexity index is 751. The summed E-state index contributed by atoms with van der Waals surface area (Å²) in [6, 6.07) is 9.17. The molecule has 26 heavy (non-hydrogen) atoms. The molecule has 0 bridgehead atoms. The van der Waals surface area contributed by atoms with Gasteiger partial charge in [0.15, 0.2) is 0 Å². The summed E-state index contributed by atoms with van der Waals surface area (Å²) in [5.74, 6) is 0.650. The van der Waals surface area contributed by atoms with Crippen LogP contribution >= 0.6 is 0 Å². The van der Waals surface area contributed by atoms with Gasteiger partial charge in [-0.05, 0) is 36.6 Å². The molecule has 0 aliphatic carbocycles. The Kier molecular flexibility index (Phi) is 6.14. The third-order valence-corrected chi connectivity index (χ3v) is 4.24. The zero-order chi connectivity index (χ0) is 18.2. The second-order valence-corrected chi connectivity index (χ2v) is 6.22. The molecular weight excluding hydrogens is 330 g/mol. The van der Waals surface area contributed by atoms with Gasteiger partial charge in [-0.1, -0.05) is 12.1 Å². The minimum absolute atomic E-state index is 0.206. The monoisotopic (exact) mass is 353 g/mol. The molecule has 2 aromatic heterocycles. The first-order valence-electron chi connectivity index (χ1n) is 8.88. The highest BCUT2D eigenvalue weighted by atomic mass is 16.2. The number of hydrogen-bond acceptors (Lipinski definition) is 5. The predicted octanol–water partition coefficient (Wildman–Crippen LogP) is 1.83. The van der Waals surface area contributed by atoms with Gasteiger partial charge in [-0.2, -0.15) is 0 Å². The van der Waals surface area contributed by atoms with Crippen LogP contribution < -0.4 is 10.6 Å². The van der Waals surface area contributed by atoms with Crippen molar-refractivity contribution in [1.82, 2.24) is 20.2 Å². The van der Waals surface area contributed by atoms with E-state index in [2.05, 4.69) is 20.6 Å². The number of hydrogen-bond donors (Lipinski definition) is 2. The van der Waals surface area contributed by atoms with Crippen LogP contribution in [0.2, 0.25) is 0 Å². The quantitative estimate of drug-likeness (QED) is 0.707. The van der Waals surface area contributed by atoms with Gasteiger partial charge in [0, 0.05) is 45.0 Å². The van der Waals surface area contributed by atoms with Crippen molar-refractivity contribution < 1.29 is 9.59 Å². The SMILES string of the molecule is O=C(NCCCN1CCCC1=O)c1cccc(NCc2cccnc2)n1. The van der Waals surface area contributed by atoms with Gasteiger partial charge in [-0.15, -0.1) is 0 Å². The Labute approximate surface area is 152 Å². The van der Waals surface area contributed by atoms with Gasteiger partial charge < -0.3 is 15.5 Å². The molecule has 0 spiro atoms. The molecule has 2 N–H and O–H groups in total. The van der Waals surface area contributed by atoms with Crippen molar-refractivity contribution in [2.75, 3.05) is 25.0 Å². The molecular formula is C19H23N5O2. The fraction of sp³-hybridized carbons (Fsp3) is 0.368. The molecule has 136 valence electrons.